The number of sulfonamides is 1. The van der Waals surface area contributed by atoms with Crippen molar-refractivity contribution in [3.05, 3.63) is 59.2 Å². The van der Waals surface area contributed by atoms with E-state index in [1.54, 1.807) is 30.3 Å². The highest BCUT2D eigenvalue weighted by atomic mass is 32.2. The van der Waals surface area contributed by atoms with Crippen molar-refractivity contribution < 1.29 is 18.3 Å². The van der Waals surface area contributed by atoms with Crippen LogP contribution in [0.25, 0.3) is 0 Å². The zero-order valence-electron chi connectivity index (χ0n) is 17.3. The third-order valence-corrected chi connectivity index (χ3v) is 7.39. The summed E-state index contributed by atoms with van der Waals surface area (Å²) >= 11 is 0. The molecule has 2 aromatic rings. The summed E-state index contributed by atoms with van der Waals surface area (Å²) in [6.07, 6.45) is -0.633. The second-order valence-corrected chi connectivity index (χ2v) is 9.57. The lowest BCUT2D eigenvalue weighted by Crippen LogP contribution is -2.50. The molecule has 0 spiro atoms. The number of piperazine rings is 1. The summed E-state index contributed by atoms with van der Waals surface area (Å²) in [5, 5.41) is 10.4. The first kappa shape index (κ1) is 21.8. The molecular formula is C22H30N2O4S. The van der Waals surface area contributed by atoms with Crippen LogP contribution in [0.15, 0.2) is 47.4 Å². The summed E-state index contributed by atoms with van der Waals surface area (Å²) < 4.78 is 32.8. The predicted molar refractivity (Wildman–Crippen MR) is 114 cm³/mol. The van der Waals surface area contributed by atoms with Gasteiger partial charge in [-0.05, 0) is 49.6 Å². The monoisotopic (exact) mass is 418 g/mol. The first-order chi connectivity index (χ1) is 13.8. The lowest BCUT2D eigenvalue weighted by Gasteiger charge is -2.34. The molecule has 3 rings (SSSR count). The average Bonchev–Trinajstić information content (AvgIpc) is 2.72. The van der Waals surface area contributed by atoms with E-state index in [-0.39, 0.29) is 6.61 Å². The van der Waals surface area contributed by atoms with Gasteiger partial charge >= 0.3 is 0 Å². The fourth-order valence-electron chi connectivity index (χ4n) is 3.57. The van der Waals surface area contributed by atoms with E-state index in [0.717, 1.165) is 22.4 Å². The van der Waals surface area contributed by atoms with Crippen LogP contribution in [0, 0.1) is 20.8 Å². The van der Waals surface area contributed by atoms with E-state index in [2.05, 4.69) is 11.0 Å². The van der Waals surface area contributed by atoms with Gasteiger partial charge < -0.3 is 9.84 Å². The van der Waals surface area contributed by atoms with Gasteiger partial charge in [-0.3, -0.25) is 4.90 Å². The lowest BCUT2D eigenvalue weighted by atomic mass is 10.1. The Kier molecular flexibility index (Phi) is 6.95. The van der Waals surface area contributed by atoms with Crippen molar-refractivity contribution in [1.29, 1.82) is 0 Å². The molecule has 0 aliphatic carbocycles. The highest BCUT2D eigenvalue weighted by Gasteiger charge is 2.29. The van der Waals surface area contributed by atoms with Gasteiger partial charge in [0.05, 0.1) is 4.90 Å². The maximum absolute atomic E-state index is 12.7. The number of nitrogens with zero attached hydrogens (tertiary/aromatic N) is 2. The van der Waals surface area contributed by atoms with E-state index in [1.807, 2.05) is 26.8 Å². The average molecular weight is 419 g/mol. The van der Waals surface area contributed by atoms with Crippen LogP contribution in [0.1, 0.15) is 16.7 Å². The fourth-order valence-corrected chi connectivity index (χ4v) is 5.02. The highest BCUT2D eigenvalue weighted by molar-refractivity contribution is 7.89. The molecule has 1 unspecified atom stereocenters. The molecule has 0 amide bonds. The zero-order valence-corrected chi connectivity index (χ0v) is 18.2. The summed E-state index contributed by atoms with van der Waals surface area (Å²) in [7, 11) is -3.45. The van der Waals surface area contributed by atoms with Gasteiger partial charge in [0.25, 0.3) is 0 Å². The largest absolute Gasteiger partial charge is 0.490 e. The number of rotatable bonds is 7. The quantitative estimate of drug-likeness (QED) is 0.748. The van der Waals surface area contributed by atoms with Crippen LogP contribution in [0.4, 0.5) is 0 Å². The fraction of sp³-hybridized carbons (Fsp3) is 0.455. The molecule has 0 bridgehead atoms. The summed E-state index contributed by atoms with van der Waals surface area (Å²) in [6, 6.07) is 12.6. The van der Waals surface area contributed by atoms with Crippen LogP contribution < -0.4 is 4.74 Å². The van der Waals surface area contributed by atoms with E-state index in [1.165, 1.54) is 4.31 Å². The maximum atomic E-state index is 12.7. The Hall–Kier alpha value is -1.93. The molecule has 158 valence electrons. The van der Waals surface area contributed by atoms with Crippen LogP contribution in [-0.4, -0.2) is 68.2 Å². The van der Waals surface area contributed by atoms with E-state index in [9.17, 15) is 13.5 Å². The Morgan fingerprint density at radius 2 is 1.59 bits per heavy atom. The second-order valence-electron chi connectivity index (χ2n) is 7.64. The number of aliphatic hydroxyl groups excluding tert-OH is 1. The number of aliphatic hydroxyl groups is 1. The number of β-amino-alcohol motifs (C(OH)–C–C–N with tert-alkyl or cyclic N) is 1. The van der Waals surface area contributed by atoms with Gasteiger partial charge in [0, 0.05) is 32.7 Å². The molecule has 1 atom stereocenters. The number of benzene rings is 2. The van der Waals surface area contributed by atoms with Crippen molar-refractivity contribution in [3.63, 3.8) is 0 Å². The first-order valence-electron chi connectivity index (χ1n) is 9.94. The van der Waals surface area contributed by atoms with Gasteiger partial charge in [-0.25, -0.2) is 8.42 Å². The van der Waals surface area contributed by atoms with Crippen LogP contribution in [0.3, 0.4) is 0 Å². The molecule has 0 radical (unpaired) electrons. The van der Waals surface area contributed by atoms with Crippen LogP contribution in [0.2, 0.25) is 0 Å². The summed E-state index contributed by atoms with van der Waals surface area (Å²) in [5.41, 5.74) is 3.31. The summed E-state index contributed by atoms with van der Waals surface area (Å²) in [6.45, 7) is 8.76. The molecule has 6 nitrogen and oxygen atoms in total. The Bertz CT molecular complexity index is 923. The normalized spacial score (nSPS) is 17.2. The Morgan fingerprint density at radius 3 is 2.24 bits per heavy atom. The molecule has 1 saturated heterocycles. The molecular weight excluding hydrogens is 388 g/mol. The van der Waals surface area contributed by atoms with Crippen molar-refractivity contribution in [2.75, 3.05) is 39.3 Å². The molecule has 1 aliphatic rings. The van der Waals surface area contributed by atoms with Gasteiger partial charge in [-0.2, -0.15) is 4.31 Å². The SMILES string of the molecule is Cc1ccc(C)c(OCC(O)CN2CCN(S(=O)(=O)c3ccccc3)CC2)c1C. The van der Waals surface area contributed by atoms with Crippen LogP contribution in [-0.2, 0) is 10.0 Å². The van der Waals surface area contributed by atoms with E-state index in [0.29, 0.717) is 37.6 Å². The number of hydrogen-bond acceptors (Lipinski definition) is 5. The minimum absolute atomic E-state index is 0.216. The number of ether oxygens (including phenoxy) is 1. The standard InChI is InChI=1S/C22H30N2O4S/c1-17-9-10-18(2)22(19(17)3)28-16-20(25)15-23-11-13-24(14-12-23)29(26,27)21-7-5-4-6-8-21/h4-10,20,25H,11-16H2,1-3H3. The smallest absolute Gasteiger partial charge is 0.243 e. The van der Waals surface area contributed by atoms with Crippen molar-refractivity contribution in [3.8, 4) is 5.75 Å². The van der Waals surface area contributed by atoms with Gasteiger partial charge in [0.1, 0.15) is 18.5 Å². The van der Waals surface area contributed by atoms with Crippen LogP contribution >= 0.6 is 0 Å². The molecule has 2 aromatic carbocycles. The van der Waals surface area contributed by atoms with E-state index < -0.39 is 16.1 Å². The van der Waals surface area contributed by atoms with Gasteiger partial charge in [0.2, 0.25) is 10.0 Å². The second kappa shape index (κ2) is 9.26. The van der Waals surface area contributed by atoms with Crippen molar-refractivity contribution in [2.45, 2.75) is 31.8 Å². The Morgan fingerprint density at radius 1 is 0.966 bits per heavy atom. The molecule has 0 aromatic heterocycles. The molecule has 1 aliphatic heterocycles. The Balaban J connectivity index is 1.50. The van der Waals surface area contributed by atoms with Crippen LogP contribution in [0.5, 0.6) is 5.75 Å². The minimum Gasteiger partial charge on any atom is -0.490 e. The first-order valence-corrected chi connectivity index (χ1v) is 11.4. The van der Waals surface area contributed by atoms with Gasteiger partial charge in [0.15, 0.2) is 0 Å². The van der Waals surface area contributed by atoms with Crippen molar-refractivity contribution >= 4 is 10.0 Å². The lowest BCUT2D eigenvalue weighted by molar-refractivity contribution is 0.0565. The van der Waals surface area contributed by atoms with Crippen molar-refractivity contribution in [2.24, 2.45) is 0 Å². The zero-order chi connectivity index (χ0) is 21.0. The van der Waals surface area contributed by atoms with Gasteiger partial charge in [-0.15, -0.1) is 0 Å². The highest BCUT2D eigenvalue weighted by Crippen LogP contribution is 2.26. The predicted octanol–water partition coefficient (Wildman–Crippen LogP) is 2.36. The molecule has 1 N–H and O–H groups in total. The van der Waals surface area contributed by atoms with Crippen molar-refractivity contribution in [1.82, 2.24) is 9.21 Å². The summed E-state index contributed by atoms with van der Waals surface area (Å²) in [4.78, 5) is 2.41. The van der Waals surface area contributed by atoms with E-state index in [4.69, 9.17) is 4.74 Å². The molecule has 1 heterocycles. The molecule has 1 fully saturated rings. The van der Waals surface area contributed by atoms with Gasteiger partial charge in [-0.1, -0.05) is 30.3 Å². The summed E-state index contributed by atoms with van der Waals surface area (Å²) in [5.74, 6) is 0.836. The molecule has 29 heavy (non-hydrogen) atoms. The maximum Gasteiger partial charge on any atom is 0.243 e. The minimum atomic E-state index is -3.45. The topological polar surface area (TPSA) is 70.1 Å². The molecule has 7 heteroatoms. The number of hydrogen-bond donors (Lipinski definition) is 1. The number of aryl methyl sites for hydroxylation is 2. The van der Waals surface area contributed by atoms with E-state index >= 15 is 0 Å². The third-order valence-electron chi connectivity index (χ3n) is 5.47. The Labute approximate surface area is 173 Å². The molecule has 0 saturated carbocycles. The third kappa shape index (κ3) is 5.17.